The first kappa shape index (κ1) is 17.8. The molecule has 0 spiro atoms. The number of hydrogen-bond acceptors (Lipinski definition) is 4. The number of amides is 3. The number of aliphatic carboxylic acids is 1. The second-order valence-electron chi connectivity index (χ2n) is 4.55. The molecular weight excluding hydrogens is 268 g/mol. The largest absolute Gasteiger partial charge is 0.481 e. The number of hydrogen-bond donors (Lipinski definition) is 3. The number of imide groups is 1. The van der Waals surface area contributed by atoms with E-state index in [0.29, 0.717) is 11.8 Å². The maximum absolute atomic E-state index is 11.4. The summed E-state index contributed by atoms with van der Waals surface area (Å²) in [4.78, 5) is 33.2. The van der Waals surface area contributed by atoms with Crippen LogP contribution < -0.4 is 10.6 Å². The Morgan fingerprint density at radius 1 is 1.21 bits per heavy atom. The number of carboxylic acids is 1. The zero-order chi connectivity index (χ0) is 14.8. The van der Waals surface area contributed by atoms with Gasteiger partial charge in [-0.15, -0.1) is 0 Å². The number of urea groups is 1. The number of carboxylic acid groups (broad SMARTS) is 1. The lowest BCUT2D eigenvalue weighted by molar-refractivity contribution is -0.138. The van der Waals surface area contributed by atoms with Gasteiger partial charge in [0.1, 0.15) is 0 Å². The molecule has 0 rings (SSSR count). The Labute approximate surface area is 117 Å². The molecule has 7 heteroatoms. The van der Waals surface area contributed by atoms with Crippen LogP contribution >= 0.6 is 11.8 Å². The van der Waals surface area contributed by atoms with E-state index in [4.69, 9.17) is 5.11 Å². The zero-order valence-electron chi connectivity index (χ0n) is 11.6. The van der Waals surface area contributed by atoms with Crippen LogP contribution in [0.5, 0.6) is 0 Å². The third-order valence-corrected chi connectivity index (χ3v) is 3.59. The van der Waals surface area contributed by atoms with E-state index in [2.05, 4.69) is 17.6 Å². The van der Waals surface area contributed by atoms with Gasteiger partial charge in [0.2, 0.25) is 5.91 Å². The summed E-state index contributed by atoms with van der Waals surface area (Å²) >= 11 is 1.71. The monoisotopic (exact) mass is 290 g/mol. The van der Waals surface area contributed by atoms with Crippen molar-refractivity contribution in [1.82, 2.24) is 10.6 Å². The molecule has 0 radical (unpaired) electrons. The third kappa shape index (κ3) is 10.4. The van der Waals surface area contributed by atoms with E-state index in [9.17, 15) is 14.4 Å². The van der Waals surface area contributed by atoms with Crippen LogP contribution in [0.25, 0.3) is 0 Å². The van der Waals surface area contributed by atoms with Gasteiger partial charge in [0.05, 0.1) is 0 Å². The Morgan fingerprint density at radius 2 is 1.84 bits per heavy atom. The molecule has 0 aliphatic rings. The third-order valence-electron chi connectivity index (χ3n) is 2.55. The Morgan fingerprint density at radius 3 is 2.37 bits per heavy atom. The minimum absolute atomic E-state index is 0.0287. The van der Waals surface area contributed by atoms with E-state index < -0.39 is 17.9 Å². The molecule has 0 aliphatic heterocycles. The maximum Gasteiger partial charge on any atom is 0.321 e. The summed E-state index contributed by atoms with van der Waals surface area (Å²) < 4.78 is 0. The summed E-state index contributed by atoms with van der Waals surface area (Å²) in [6, 6.07) is -0.527. The SMILES string of the molecule is CSC(C)CCNC(=O)NC(=O)CC(C)CC(=O)O. The Hall–Kier alpha value is -1.24. The highest BCUT2D eigenvalue weighted by Crippen LogP contribution is 2.08. The fraction of sp³-hybridized carbons (Fsp3) is 0.750. The fourth-order valence-electron chi connectivity index (χ4n) is 1.42. The quantitative estimate of drug-likeness (QED) is 0.629. The van der Waals surface area contributed by atoms with Crippen molar-refractivity contribution in [2.75, 3.05) is 12.8 Å². The van der Waals surface area contributed by atoms with Crippen LogP contribution in [-0.4, -0.2) is 41.1 Å². The summed E-state index contributed by atoms with van der Waals surface area (Å²) in [5, 5.41) is 13.8. The van der Waals surface area contributed by atoms with Gasteiger partial charge in [-0.25, -0.2) is 4.79 Å². The van der Waals surface area contributed by atoms with E-state index in [1.54, 1.807) is 18.7 Å². The predicted octanol–water partition coefficient (Wildman–Crippen LogP) is 1.45. The first-order valence-corrected chi connectivity index (χ1v) is 7.46. The number of thioether (sulfide) groups is 1. The molecule has 0 aromatic rings. The molecule has 2 atom stereocenters. The van der Waals surface area contributed by atoms with Crippen molar-refractivity contribution in [2.45, 2.75) is 38.4 Å². The summed E-state index contributed by atoms with van der Waals surface area (Å²) in [7, 11) is 0. The van der Waals surface area contributed by atoms with Gasteiger partial charge in [-0.05, 0) is 18.6 Å². The highest BCUT2D eigenvalue weighted by Gasteiger charge is 2.14. The Kier molecular flexibility index (Phi) is 9.03. The fourth-order valence-corrected chi connectivity index (χ4v) is 1.77. The Balaban J connectivity index is 3.80. The van der Waals surface area contributed by atoms with E-state index in [0.717, 1.165) is 6.42 Å². The zero-order valence-corrected chi connectivity index (χ0v) is 12.4. The van der Waals surface area contributed by atoms with Gasteiger partial charge in [0, 0.05) is 24.6 Å². The van der Waals surface area contributed by atoms with Gasteiger partial charge in [-0.2, -0.15) is 11.8 Å². The van der Waals surface area contributed by atoms with Crippen molar-refractivity contribution < 1.29 is 19.5 Å². The van der Waals surface area contributed by atoms with Crippen LogP contribution in [0.4, 0.5) is 4.79 Å². The van der Waals surface area contributed by atoms with Gasteiger partial charge in [-0.3, -0.25) is 14.9 Å². The smallest absolute Gasteiger partial charge is 0.321 e. The summed E-state index contributed by atoms with van der Waals surface area (Å²) in [6.07, 6.45) is 2.78. The van der Waals surface area contributed by atoms with Crippen molar-refractivity contribution in [2.24, 2.45) is 5.92 Å². The lowest BCUT2D eigenvalue weighted by Gasteiger charge is -2.11. The van der Waals surface area contributed by atoms with Crippen LogP contribution in [0.2, 0.25) is 0 Å². The number of nitrogens with one attached hydrogen (secondary N) is 2. The molecule has 0 bridgehead atoms. The van der Waals surface area contributed by atoms with Crippen LogP contribution in [0.1, 0.15) is 33.1 Å². The first-order valence-electron chi connectivity index (χ1n) is 6.17. The molecule has 19 heavy (non-hydrogen) atoms. The molecule has 0 aromatic carbocycles. The second kappa shape index (κ2) is 9.66. The van der Waals surface area contributed by atoms with Crippen LogP contribution in [0.15, 0.2) is 0 Å². The molecule has 110 valence electrons. The van der Waals surface area contributed by atoms with Crippen molar-refractivity contribution in [3.63, 3.8) is 0 Å². The Bertz CT molecular complexity index is 323. The minimum atomic E-state index is -0.948. The minimum Gasteiger partial charge on any atom is -0.481 e. The van der Waals surface area contributed by atoms with Crippen molar-refractivity contribution in [3.8, 4) is 0 Å². The van der Waals surface area contributed by atoms with Gasteiger partial charge in [0.15, 0.2) is 0 Å². The van der Waals surface area contributed by atoms with Gasteiger partial charge >= 0.3 is 12.0 Å². The summed E-state index contributed by atoms with van der Waals surface area (Å²) in [5.74, 6) is -1.69. The van der Waals surface area contributed by atoms with Crippen molar-refractivity contribution in [3.05, 3.63) is 0 Å². The molecule has 0 heterocycles. The van der Waals surface area contributed by atoms with E-state index in [1.807, 2.05) is 6.26 Å². The van der Waals surface area contributed by atoms with E-state index in [-0.39, 0.29) is 18.8 Å². The van der Waals surface area contributed by atoms with Gasteiger partial charge in [0.25, 0.3) is 0 Å². The number of carbonyl (C=O) groups excluding carboxylic acids is 2. The molecular formula is C12H22N2O4S. The summed E-state index contributed by atoms with van der Waals surface area (Å²) in [5.41, 5.74) is 0. The van der Waals surface area contributed by atoms with E-state index in [1.165, 1.54) is 0 Å². The summed E-state index contributed by atoms with van der Waals surface area (Å²) in [6.45, 7) is 4.22. The molecule has 0 aromatic heterocycles. The second-order valence-corrected chi connectivity index (χ2v) is 5.82. The molecule has 3 amide bonds. The lowest BCUT2D eigenvalue weighted by atomic mass is 10.0. The average Bonchev–Trinajstić information content (AvgIpc) is 2.26. The average molecular weight is 290 g/mol. The maximum atomic E-state index is 11.4. The predicted molar refractivity (Wildman–Crippen MR) is 75.2 cm³/mol. The molecule has 0 saturated heterocycles. The normalized spacial score (nSPS) is 13.4. The van der Waals surface area contributed by atoms with E-state index >= 15 is 0 Å². The van der Waals surface area contributed by atoms with Crippen molar-refractivity contribution >= 4 is 29.7 Å². The van der Waals surface area contributed by atoms with Crippen molar-refractivity contribution in [1.29, 1.82) is 0 Å². The standard InChI is InChI=1S/C12H22N2O4S/c1-8(7-11(16)17)6-10(15)14-12(18)13-5-4-9(2)19-3/h8-9H,4-7H2,1-3H3,(H,16,17)(H2,13,14,15,18). The highest BCUT2D eigenvalue weighted by molar-refractivity contribution is 7.99. The van der Waals surface area contributed by atoms with Gasteiger partial charge in [-0.1, -0.05) is 13.8 Å². The number of rotatable bonds is 8. The molecule has 2 unspecified atom stereocenters. The molecule has 0 aliphatic carbocycles. The molecule has 0 fully saturated rings. The molecule has 6 nitrogen and oxygen atoms in total. The topological polar surface area (TPSA) is 95.5 Å². The highest BCUT2D eigenvalue weighted by atomic mass is 32.2. The van der Waals surface area contributed by atoms with Crippen LogP contribution in [0, 0.1) is 5.92 Å². The van der Waals surface area contributed by atoms with Gasteiger partial charge < -0.3 is 10.4 Å². The van der Waals surface area contributed by atoms with Crippen LogP contribution in [0.3, 0.4) is 0 Å². The molecule has 3 N–H and O–H groups in total. The number of carbonyl (C=O) groups is 3. The molecule has 0 saturated carbocycles. The first-order chi connectivity index (χ1) is 8.85. The van der Waals surface area contributed by atoms with Crippen LogP contribution in [-0.2, 0) is 9.59 Å². The lowest BCUT2D eigenvalue weighted by Crippen LogP contribution is -2.40.